The molecule has 12 heteroatoms. The maximum atomic E-state index is 13.6. The minimum Gasteiger partial charge on any atom is -0.379 e. The number of rotatable bonds is 5. The maximum Gasteiger partial charge on any atom is 0.270 e. The van der Waals surface area contributed by atoms with E-state index in [9.17, 15) is 19.7 Å². The number of benzene rings is 2. The molecule has 5 rings (SSSR count). The third kappa shape index (κ3) is 4.59. The fraction of sp³-hybridized carbons (Fsp3) is 0.250. The summed E-state index contributed by atoms with van der Waals surface area (Å²) in [6.45, 7) is 3.70. The number of nitro benzene ring substituents is 1. The van der Waals surface area contributed by atoms with Gasteiger partial charge in [-0.25, -0.2) is 4.99 Å². The summed E-state index contributed by atoms with van der Waals surface area (Å²) in [6, 6.07) is 12.8. The molecule has 0 saturated carbocycles. The first-order valence-corrected chi connectivity index (χ1v) is 12.0. The van der Waals surface area contributed by atoms with Gasteiger partial charge in [-0.3, -0.25) is 29.5 Å². The summed E-state index contributed by atoms with van der Waals surface area (Å²) in [6.07, 6.45) is 0. The van der Waals surface area contributed by atoms with Gasteiger partial charge >= 0.3 is 0 Å². The number of hydrogen-bond acceptors (Lipinski definition) is 9. The molecule has 3 aliphatic heterocycles. The second-order valence-electron chi connectivity index (χ2n) is 8.21. The van der Waals surface area contributed by atoms with E-state index in [1.165, 1.54) is 23.1 Å². The number of carbonyl (C=O) groups is 2. The summed E-state index contributed by atoms with van der Waals surface area (Å²) < 4.78 is 5.39. The van der Waals surface area contributed by atoms with Crippen LogP contribution in [0.2, 0.25) is 0 Å². The normalized spacial score (nSPS) is 21.0. The van der Waals surface area contributed by atoms with Crippen molar-refractivity contribution in [3.63, 3.8) is 0 Å². The van der Waals surface area contributed by atoms with Crippen molar-refractivity contribution >= 4 is 51.4 Å². The number of thioether (sulfide) groups is 1. The number of aliphatic imine (C=N–C) groups is 1. The van der Waals surface area contributed by atoms with Crippen molar-refractivity contribution in [2.75, 3.05) is 44.7 Å². The average Bonchev–Trinajstić information content (AvgIpc) is 3.37. The number of nitrogens with zero attached hydrogens (tertiary/aromatic N) is 5. The standard InChI is InChI=1S/C24H20N6O5S/c25-14-15-1-3-16(4-2-15)26-24-29(8-7-28-9-11-35-12-10-28)23(32)21(36-24)20-18-13-17(30(33)34)5-6-19(18)27-22(20)31/h1-6,13H,7-12H2,(H,27,31)/b21-20-,26-24-. The number of amides is 2. The lowest BCUT2D eigenvalue weighted by molar-refractivity contribution is -0.384. The van der Waals surface area contributed by atoms with Gasteiger partial charge < -0.3 is 10.1 Å². The smallest absolute Gasteiger partial charge is 0.270 e. The van der Waals surface area contributed by atoms with Crippen LogP contribution in [0.1, 0.15) is 11.1 Å². The molecule has 0 atom stereocenters. The number of amidine groups is 1. The number of nitro groups is 1. The molecule has 2 aromatic rings. The highest BCUT2D eigenvalue weighted by Gasteiger charge is 2.40. The van der Waals surface area contributed by atoms with Crippen LogP contribution in [0.3, 0.4) is 0 Å². The van der Waals surface area contributed by atoms with Crippen LogP contribution in [0, 0.1) is 21.4 Å². The predicted molar refractivity (Wildman–Crippen MR) is 133 cm³/mol. The Morgan fingerprint density at radius 3 is 2.58 bits per heavy atom. The summed E-state index contributed by atoms with van der Waals surface area (Å²) in [7, 11) is 0. The van der Waals surface area contributed by atoms with E-state index in [4.69, 9.17) is 10.00 Å². The van der Waals surface area contributed by atoms with E-state index in [-0.39, 0.29) is 22.1 Å². The third-order valence-corrected chi connectivity index (χ3v) is 7.09. The molecule has 1 N–H and O–H groups in total. The van der Waals surface area contributed by atoms with Crippen LogP contribution in [0.15, 0.2) is 52.4 Å². The highest BCUT2D eigenvalue weighted by molar-refractivity contribution is 8.18. The lowest BCUT2D eigenvalue weighted by atomic mass is 10.1. The second kappa shape index (κ2) is 9.90. The Bertz CT molecular complexity index is 1360. The first-order valence-electron chi connectivity index (χ1n) is 11.2. The summed E-state index contributed by atoms with van der Waals surface area (Å²) in [5, 5.41) is 23.5. The zero-order chi connectivity index (χ0) is 25.2. The zero-order valence-corrected chi connectivity index (χ0v) is 19.8. The number of nitrogens with one attached hydrogen (secondary N) is 1. The van der Waals surface area contributed by atoms with Crippen LogP contribution >= 0.6 is 11.8 Å². The SMILES string of the molecule is N#Cc1ccc(/N=C2\S/C(=C3\C(=O)Nc4ccc([N+](=O)[O-])cc43)C(=O)N2CCN2CCOCC2)cc1. The monoisotopic (exact) mass is 504 g/mol. The number of non-ortho nitro benzene ring substituents is 1. The maximum absolute atomic E-state index is 13.6. The first-order chi connectivity index (χ1) is 17.4. The average molecular weight is 505 g/mol. The number of hydrogen-bond donors (Lipinski definition) is 1. The van der Waals surface area contributed by atoms with E-state index >= 15 is 0 Å². The van der Waals surface area contributed by atoms with Gasteiger partial charge in [-0.1, -0.05) is 0 Å². The van der Waals surface area contributed by atoms with Crippen molar-refractivity contribution < 1.29 is 19.2 Å². The van der Waals surface area contributed by atoms with Crippen molar-refractivity contribution in [2.45, 2.75) is 0 Å². The molecule has 0 radical (unpaired) electrons. The molecule has 36 heavy (non-hydrogen) atoms. The van der Waals surface area contributed by atoms with Crippen LogP contribution in [0.5, 0.6) is 0 Å². The van der Waals surface area contributed by atoms with Crippen molar-refractivity contribution in [1.29, 1.82) is 5.26 Å². The number of carbonyl (C=O) groups excluding carboxylic acids is 2. The minimum atomic E-state index is -0.540. The molecule has 2 amide bonds. The van der Waals surface area contributed by atoms with Gasteiger partial charge in [0.15, 0.2) is 5.17 Å². The molecule has 3 aliphatic rings. The molecule has 0 bridgehead atoms. The number of nitriles is 1. The van der Waals surface area contributed by atoms with Crippen LogP contribution < -0.4 is 5.32 Å². The van der Waals surface area contributed by atoms with Crippen molar-refractivity contribution in [3.8, 4) is 6.07 Å². The van der Waals surface area contributed by atoms with Gasteiger partial charge in [-0.15, -0.1) is 0 Å². The van der Waals surface area contributed by atoms with Gasteiger partial charge in [0.1, 0.15) is 0 Å². The topological polar surface area (TPSA) is 141 Å². The third-order valence-electron chi connectivity index (χ3n) is 6.01. The van der Waals surface area contributed by atoms with Gasteiger partial charge in [0.2, 0.25) is 0 Å². The summed E-state index contributed by atoms with van der Waals surface area (Å²) >= 11 is 1.06. The van der Waals surface area contributed by atoms with E-state index < -0.39 is 10.8 Å². The van der Waals surface area contributed by atoms with Gasteiger partial charge in [0.05, 0.1) is 45.9 Å². The van der Waals surface area contributed by atoms with E-state index in [0.29, 0.717) is 54.0 Å². The Labute approximate surface area is 210 Å². The Balaban J connectivity index is 1.53. The summed E-state index contributed by atoms with van der Waals surface area (Å²) in [5.74, 6) is -0.876. The fourth-order valence-electron chi connectivity index (χ4n) is 4.12. The number of anilines is 1. The van der Waals surface area contributed by atoms with Gasteiger partial charge in [-0.2, -0.15) is 5.26 Å². The molecule has 0 aliphatic carbocycles. The van der Waals surface area contributed by atoms with Crippen molar-refractivity contribution in [2.24, 2.45) is 4.99 Å². The van der Waals surface area contributed by atoms with E-state index in [0.717, 1.165) is 24.9 Å². The second-order valence-corrected chi connectivity index (χ2v) is 9.19. The molecule has 0 unspecified atom stereocenters. The molecule has 2 aromatic carbocycles. The lowest BCUT2D eigenvalue weighted by Gasteiger charge is -2.28. The molecule has 11 nitrogen and oxygen atoms in total. The van der Waals surface area contributed by atoms with Crippen molar-refractivity contribution in [1.82, 2.24) is 9.80 Å². The van der Waals surface area contributed by atoms with E-state index in [1.54, 1.807) is 24.3 Å². The van der Waals surface area contributed by atoms with Gasteiger partial charge in [0, 0.05) is 49.6 Å². The van der Waals surface area contributed by atoms with Gasteiger partial charge in [-0.05, 0) is 42.1 Å². The molecule has 3 heterocycles. The first kappa shape index (κ1) is 23.7. The van der Waals surface area contributed by atoms with Gasteiger partial charge in [0.25, 0.3) is 17.5 Å². The quantitative estimate of drug-likeness (QED) is 0.372. The highest BCUT2D eigenvalue weighted by atomic mass is 32.2. The molecular weight excluding hydrogens is 484 g/mol. The number of ether oxygens (including phenoxy) is 1. The van der Waals surface area contributed by atoms with Crippen LogP contribution in [-0.2, 0) is 14.3 Å². The minimum absolute atomic E-state index is 0.102. The molecule has 0 spiro atoms. The Morgan fingerprint density at radius 2 is 1.89 bits per heavy atom. The summed E-state index contributed by atoms with van der Waals surface area (Å²) in [4.78, 5) is 45.8. The molecular formula is C24H20N6O5S. The van der Waals surface area contributed by atoms with Crippen molar-refractivity contribution in [3.05, 3.63) is 68.6 Å². The van der Waals surface area contributed by atoms with E-state index in [1.807, 2.05) is 0 Å². The largest absolute Gasteiger partial charge is 0.379 e. The van der Waals surface area contributed by atoms with E-state index in [2.05, 4.69) is 21.3 Å². The highest BCUT2D eigenvalue weighted by Crippen LogP contribution is 2.43. The molecule has 0 aromatic heterocycles. The lowest BCUT2D eigenvalue weighted by Crippen LogP contribution is -2.42. The molecule has 182 valence electrons. The number of fused-ring (bicyclic) bond motifs is 1. The van der Waals surface area contributed by atoms with Crippen LogP contribution in [0.25, 0.3) is 5.57 Å². The zero-order valence-electron chi connectivity index (χ0n) is 19.0. The fourth-order valence-corrected chi connectivity index (χ4v) is 5.24. The Kier molecular flexibility index (Phi) is 6.51. The number of morpholine rings is 1. The molecule has 2 fully saturated rings. The predicted octanol–water partition coefficient (Wildman–Crippen LogP) is 2.72. The summed E-state index contributed by atoms with van der Waals surface area (Å²) in [5.41, 5.74) is 1.71. The molecule has 2 saturated heterocycles. The van der Waals surface area contributed by atoms with Crippen LogP contribution in [0.4, 0.5) is 17.1 Å². The Hall–Kier alpha value is -4.05. The Morgan fingerprint density at radius 1 is 1.14 bits per heavy atom. The van der Waals surface area contributed by atoms with Crippen LogP contribution in [-0.4, -0.2) is 71.1 Å².